The summed E-state index contributed by atoms with van der Waals surface area (Å²) < 4.78 is 12.5. The Morgan fingerprint density at radius 1 is 0.913 bits per heavy atom. The summed E-state index contributed by atoms with van der Waals surface area (Å²) in [6.45, 7) is 12.4. The number of carbonyl (C=O) groups is 2. The van der Waals surface area contributed by atoms with Crippen molar-refractivity contribution in [1.82, 2.24) is 29.6 Å². The molecular weight excluding hydrogens is 679 g/mol. The number of methoxy groups -OCH3 is 2. The number of thiol groups is 1. The first-order chi connectivity index (χ1) is 21.9. The first-order valence-corrected chi connectivity index (χ1v) is 16.1. The van der Waals surface area contributed by atoms with Crippen molar-refractivity contribution < 1.29 is 29.1 Å². The monoisotopic (exact) mass is 720 g/mol. The average Bonchev–Trinajstić information content (AvgIpc) is 3.07. The van der Waals surface area contributed by atoms with E-state index in [1.54, 1.807) is 19.8 Å². The molecule has 0 bridgehead atoms. The van der Waals surface area contributed by atoms with Crippen LogP contribution < -0.4 is 9.80 Å². The average molecular weight is 721 g/mol. The van der Waals surface area contributed by atoms with Gasteiger partial charge in [0, 0.05) is 51.4 Å². The van der Waals surface area contributed by atoms with Crippen LogP contribution in [0.3, 0.4) is 0 Å². The van der Waals surface area contributed by atoms with Crippen LogP contribution in [0, 0.1) is 0 Å². The fourth-order valence-corrected chi connectivity index (χ4v) is 5.86. The molecular formula is C26H42B3BrN9O6S. The molecule has 2 fully saturated rings. The predicted molar refractivity (Wildman–Crippen MR) is 185 cm³/mol. The molecule has 0 saturated carbocycles. The quantitative estimate of drug-likeness (QED) is 0.204. The first kappa shape index (κ1) is 39.5. The number of anilines is 2. The van der Waals surface area contributed by atoms with Gasteiger partial charge in [-0.15, -0.1) is 0 Å². The molecule has 2 N–H and O–H groups in total. The number of carbonyl (C=O) groups excluding carboxylic acids is 2. The van der Waals surface area contributed by atoms with Crippen LogP contribution in [0.25, 0.3) is 0 Å². The van der Waals surface area contributed by atoms with Crippen LogP contribution >= 0.6 is 28.7 Å². The Morgan fingerprint density at radius 2 is 1.39 bits per heavy atom. The number of ether oxygens (including phenoxy) is 2. The Labute approximate surface area is 286 Å². The van der Waals surface area contributed by atoms with Gasteiger partial charge < -0.3 is 38.9 Å². The normalized spacial score (nSPS) is 18.3. The van der Waals surface area contributed by atoms with E-state index in [9.17, 15) is 19.6 Å². The maximum absolute atomic E-state index is 11.5. The Morgan fingerprint density at radius 3 is 1.83 bits per heavy atom. The van der Waals surface area contributed by atoms with E-state index in [4.69, 9.17) is 0 Å². The molecule has 2 aromatic rings. The molecule has 0 amide bonds. The molecule has 2 saturated heterocycles. The van der Waals surface area contributed by atoms with Crippen molar-refractivity contribution in [3.63, 3.8) is 0 Å². The summed E-state index contributed by atoms with van der Waals surface area (Å²) in [5.41, 5.74) is 0.378. The molecule has 0 aromatic carbocycles. The minimum absolute atomic E-state index is 0.174. The van der Waals surface area contributed by atoms with Gasteiger partial charge in [-0.25, -0.2) is 29.5 Å². The molecule has 0 unspecified atom stereocenters. The fourth-order valence-electron chi connectivity index (χ4n) is 5.32. The second-order valence-corrected chi connectivity index (χ2v) is 11.5. The molecule has 46 heavy (non-hydrogen) atoms. The van der Waals surface area contributed by atoms with E-state index in [-0.39, 0.29) is 23.5 Å². The molecule has 0 spiro atoms. The van der Waals surface area contributed by atoms with Gasteiger partial charge in [-0.1, -0.05) is 13.8 Å². The Bertz CT molecular complexity index is 1270. The SMILES string of the molecule is CC[C@H]1CN(c2cnc(C(=O)OC)cn2)CCN1B(C)O.CC[C@H]1CN(c2ncc(C(=O)OC)nc2Br)CCN1B(C)O.[B]=NS. The number of aromatic nitrogens is 4. The summed E-state index contributed by atoms with van der Waals surface area (Å²) in [4.78, 5) is 48.2. The van der Waals surface area contributed by atoms with Crippen LogP contribution in [-0.4, -0.2) is 139 Å². The molecule has 1 radical (unpaired) electrons. The van der Waals surface area contributed by atoms with Crippen molar-refractivity contribution in [2.45, 2.75) is 52.4 Å². The summed E-state index contributed by atoms with van der Waals surface area (Å²) in [6, 6.07) is 0.531. The third-order valence-electron chi connectivity index (χ3n) is 7.72. The Balaban J connectivity index is 0.000000295. The number of rotatable bonds is 8. The van der Waals surface area contributed by atoms with Gasteiger partial charge >= 0.3 is 50.8 Å². The molecule has 2 aromatic heterocycles. The van der Waals surface area contributed by atoms with E-state index in [1.807, 2.05) is 0 Å². The van der Waals surface area contributed by atoms with Crippen molar-refractivity contribution in [3.05, 3.63) is 34.6 Å². The summed E-state index contributed by atoms with van der Waals surface area (Å²) in [7, 11) is 6.07. The zero-order valence-corrected chi connectivity index (χ0v) is 29.6. The van der Waals surface area contributed by atoms with Gasteiger partial charge in [0.25, 0.3) is 0 Å². The second kappa shape index (κ2) is 19.9. The van der Waals surface area contributed by atoms with Gasteiger partial charge in [0.15, 0.2) is 17.2 Å². The van der Waals surface area contributed by atoms with Crippen LogP contribution in [0.5, 0.6) is 0 Å². The van der Waals surface area contributed by atoms with Gasteiger partial charge in [0.1, 0.15) is 10.4 Å². The van der Waals surface area contributed by atoms with Gasteiger partial charge in [0.05, 0.1) is 32.8 Å². The predicted octanol–water partition coefficient (Wildman–Crippen LogP) is 1.49. The van der Waals surface area contributed by atoms with Gasteiger partial charge in [-0.05, 0) is 42.4 Å². The molecule has 0 aliphatic carbocycles. The molecule has 2 aliphatic heterocycles. The third kappa shape index (κ3) is 11.0. The van der Waals surface area contributed by atoms with E-state index in [1.165, 1.54) is 26.6 Å². The molecule has 2 aliphatic rings. The minimum atomic E-state index is -0.509. The zero-order valence-electron chi connectivity index (χ0n) is 27.2. The van der Waals surface area contributed by atoms with Gasteiger partial charge in [-0.3, -0.25) is 0 Å². The number of nitrogens with zero attached hydrogens (tertiary/aromatic N) is 9. The van der Waals surface area contributed by atoms with Gasteiger partial charge in [-0.2, -0.15) is 0 Å². The van der Waals surface area contributed by atoms with Crippen LogP contribution in [0.4, 0.5) is 11.6 Å². The third-order valence-corrected chi connectivity index (χ3v) is 8.25. The topological polar surface area (TPSA) is 170 Å². The van der Waals surface area contributed by atoms with Gasteiger partial charge in [0.2, 0.25) is 0 Å². The van der Waals surface area contributed by atoms with Crippen LogP contribution in [-0.2, 0) is 9.47 Å². The summed E-state index contributed by atoms with van der Waals surface area (Å²) in [5, 5.41) is 19.6. The van der Waals surface area contributed by atoms with E-state index < -0.39 is 26.0 Å². The zero-order chi connectivity index (χ0) is 34.4. The van der Waals surface area contributed by atoms with Crippen molar-refractivity contribution >= 4 is 74.1 Å². The van der Waals surface area contributed by atoms with Crippen LogP contribution in [0.15, 0.2) is 27.5 Å². The van der Waals surface area contributed by atoms with E-state index in [0.717, 1.165) is 57.9 Å². The first-order valence-electron chi connectivity index (χ1n) is 14.9. The van der Waals surface area contributed by atoms with E-state index in [2.05, 4.69) is 103 Å². The number of halogens is 1. The van der Waals surface area contributed by atoms with Crippen LogP contribution in [0.2, 0.25) is 13.6 Å². The maximum atomic E-state index is 11.5. The van der Waals surface area contributed by atoms with E-state index >= 15 is 0 Å². The summed E-state index contributed by atoms with van der Waals surface area (Å²) >= 11 is 6.57. The van der Waals surface area contributed by atoms with Crippen molar-refractivity contribution in [2.75, 3.05) is 63.3 Å². The molecule has 4 heterocycles. The standard InChI is InChI=1S/C13H20BBrN4O3.C13H21BN4O3.BHNS/c1-4-9-8-18(5-6-19(9)14(2)21)12-11(15)17-10(7-16-12)13(20)22-3;1-4-10-9-17(5-6-18(10)14(2)20)12-8-15-11(7-16-12)13(19)21-3;1-2-3/h7,9,21H,4-6,8H2,1-3H3;7-8,10,20H,4-6,9H2,1-3H3;3H/t9-;10-;/m00./s1. The number of esters is 2. The molecule has 2 atom stereocenters. The molecule has 249 valence electrons. The van der Waals surface area contributed by atoms with Crippen LogP contribution in [0.1, 0.15) is 47.7 Å². The molecule has 4 rings (SSSR count). The van der Waals surface area contributed by atoms with Crippen molar-refractivity contribution in [1.29, 1.82) is 0 Å². The Kier molecular flexibility index (Phi) is 17.1. The number of piperazine rings is 2. The molecule has 20 heteroatoms. The fraction of sp³-hybridized carbons (Fsp3) is 0.615. The number of hydrogen-bond donors (Lipinski definition) is 3. The van der Waals surface area contributed by atoms with E-state index in [0.29, 0.717) is 10.4 Å². The number of hydrogen-bond acceptors (Lipinski definition) is 16. The molecule has 15 nitrogen and oxygen atoms in total. The second-order valence-electron chi connectivity index (χ2n) is 10.5. The summed E-state index contributed by atoms with van der Waals surface area (Å²) in [5.74, 6) is 0.451. The summed E-state index contributed by atoms with van der Waals surface area (Å²) in [6.07, 6.45) is 6.34. The Hall–Kier alpha value is -2.64. The van der Waals surface area contributed by atoms with Crippen molar-refractivity contribution in [3.8, 4) is 0 Å². The van der Waals surface area contributed by atoms with Crippen molar-refractivity contribution in [2.24, 2.45) is 4.30 Å².